The van der Waals surface area contributed by atoms with Crippen LogP contribution in [0.1, 0.15) is 31.2 Å². The predicted octanol–water partition coefficient (Wildman–Crippen LogP) is 2.31. The van der Waals surface area contributed by atoms with Gasteiger partial charge in [-0.2, -0.15) is 0 Å². The van der Waals surface area contributed by atoms with Gasteiger partial charge in [-0.15, -0.1) is 0 Å². The Morgan fingerprint density at radius 3 is 3.00 bits per heavy atom. The van der Waals surface area contributed by atoms with Crippen molar-refractivity contribution in [3.8, 4) is 0 Å². The number of pyridine rings is 1. The summed E-state index contributed by atoms with van der Waals surface area (Å²) in [5.74, 6) is -0.519. The third kappa shape index (κ3) is 3.73. The molecule has 3 rings (SSSR count). The molecule has 1 aliphatic rings. The van der Waals surface area contributed by atoms with Gasteiger partial charge in [-0.25, -0.2) is 13.1 Å². The summed E-state index contributed by atoms with van der Waals surface area (Å²) in [4.78, 5) is 16.2. The van der Waals surface area contributed by atoms with E-state index in [4.69, 9.17) is 4.74 Å². The van der Waals surface area contributed by atoms with Crippen molar-refractivity contribution in [2.45, 2.75) is 43.6 Å². The number of hydrogen-bond acceptors (Lipinski definition) is 5. The van der Waals surface area contributed by atoms with Crippen molar-refractivity contribution >= 4 is 26.8 Å². The van der Waals surface area contributed by atoms with Gasteiger partial charge in [0.05, 0.1) is 11.6 Å². The lowest BCUT2D eigenvalue weighted by atomic mass is 10.1. The number of amides is 1. The maximum Gasteiger partial charge on any atom is 0.266 e. The SMILES string of the molecule is Cc1cnc2c(S(=O)(=O)NC(=O)CCC3CCCO3)cccc2c1. The number of benzene rings is 1. The fourth-order valence-electron chi connectivity index (χ4n) is 2.88. The molecule has 128 valence electrons. The second-order valence-corrected chi connectivity index (χ2v) is 7.69. The van der Waals surface area contributed by atoms with Crippen LogP contribution in [0.15, 0.2) is 35.4 Å². The number of rotatable bonds is 5. The molecule has 0 radical (unpaired) electrons. The number of sulfonamides is 1. The standard InChI is InChI=1S/C17H20N2O4S/c1-12-10-13-4-2-6-15(17(13)18-11-12)24(21,22)19-16(20)8-7-14-5-3-9-23-14/h2,4,6,10-11,14H,3,5,7-9H2,1H3,(H,19,20). The van der Waals surface area contributed by atoms with Gasteiger partial charge >= 0.3 is 0 Å². The summed E-state index contributed by atoms with van der Waals surface area (Å²) in [6.07, 6.45) is 4.25. The van der Waals surface area contributed by atoms with Gasteiger partial charge in [0.15, 0.2) is 0 Å². The van der Waals surface area contributed by atoms with Gasteiger partial charge in [0, 0.05) is 24.6 Å². The minimum Gasteiger partial charge on any atom is -0.378 e. The van der Waals surface area contributed by atoms with Gasteiger partial charge in [-0.05, 0) is 43.9 Å². The van der Waals surface area contributed by atoms with Gasteiger partial charge in [0.2, 0.25) is 5.91 Å². The van der Waals surface area contributed by atoms with E-state index in [2.05, 4.69) is 9.71 Å². The summed E-state index contributed by atoms with van der Waals surface area (Å²) in [7, 11) is -3.95. The molecule has 1 aromatic heterocycles. The molecule has 2 aromatic rings. The second kappa shape index (κ2) is 6.86. The highest BCUT2D eigenvalue weighted by atomic mass is 32.2. The molecule has 7 heteroatoms. The zero-order chi connectivity index (χ0) is 17.2. The molecule has 0 spiro atoms. The van der Waals surface area contributed by atoms with Gasteiger partial charge in [0.1, 0.15) is 4.90 Å². The summed E-state index contributed by atoms with van der Waals surface area (Å²) in [6.45, 7) is 2.60. The van der Waals surface area contributed by atoms with E-state index < -0.39 is 15.9 Å². The minimum absolute atomic E-state index is 0.0190. The first kappa shape index (κ1) is 16.9. The summed E-state index contributed by atoms with van der Waals surface area (Å²) in [5, 5.41) is 0.727. The van der Waals surface area contributed by atoms with Crippen LogP contribution >= 0.6 is 0 Å². The maximum absolute atomic E-state index is 12.5. The van der Waals surface area contributed by atoms with Crippen LogP contribution in [0, 0.1) is 6.92 Å². The summed E-state index contributed by atoms with van der Waals surface area (Å²) >= 11 is 0. The maximum atomic E-state index is 12.5. The van der Waals surface area contributed by atoms with Crippen molar-refractivity contribution in [1.82, 2.24) is 9.71 Å². The topological polar surface area (TPSA) is 85.4 Å². The number of ether oxygens (including phenoxy) is 1. The van der Waals surface area contributed by atoms with Crippen LogP contribution in [0.5, 0.6) is 0 Å². The average molecular weight is 348 g/mol. The second-order valence-electron chi connectivity index (χ2n) is 6.04. The third-order valence-corrected chi connectivity index (χ3v) is 5.47. The first-order chi connectivity index (χ1) is 11.5. The highest BCUT2D eigenvalue weighted by Gasteiger charge is 2.22. The molecule has 0 bridgehead atoms. The minimum atomic E-state index is -3.95. The molecule has 0 aliphatic carbocycles. The van der Waals surface area contributed by atoms with Gasteiger partial charge < -0.3 is 4.74 Å². The predicted molar refractivity (Wildman–Crippen MR) is 90.0 cm³/mol. The van der Waals surface area contributed by atoms with Gasteiger partial charge in [0.25, 0.3) is 10.0 Å². The largest absolute Gasteiger partial charge is 0.378 e. The number of carbonyl (C=O) groups is 1. The number of fused-ring (bicyclic) bond motifs is 1. The van der Waals surface area contributed by atoms with Crippen molar-refractivity contribution in [2.75, 3.05) is 6.61 Å². The molecule has 2 heterocycles. The number of para-hydroxylation sites is 1. The number of hydrogen-bond donors (Lipinski definition) is 1. The van der Waals surface area contributed by atoms with E-state index in [-0.39, 0.29) is 17.4 Å². The first-order valence-corrected chi connectivity index (χ1v) is 9.47. The van der Waals surface area contributed by atoms with Crippen molar-refractivity contribution < 1.29 is 17.9 Å². The number of nitrogens with one attached hydrogen (secondary N) is 1. The van der Waals surface area contributed by atoms with Crippen molar-refractivity contribution in [3.05, 3.63) is 36.0 Å². The Balaban J connectivity index is 1.76. The smallest absolute Gasteiger partial charge is 0.266 e. The molecule has 6 nitrogen and oxygen atoms in total. The molecule has 1 fully saturated rings. The van der Waals surface area contributed by atoms with Crippen LogP contribution in [0.4, 0.5) is 0 Å². The first-order valence-electron chi connectivity index (χ1n) is 7.98. The van der Waals surface area contributed by atoms with E-state index in [1.165, 1.54) is 6.07 Å². The highest BCUT2D eigenvalue weighted by Crippen LogP contribution is 2.22. The van der Waals surface area contributed by atoms with Gasteiger partial charge in [-0.1, -0.05) is 12.1 Å². The molecule has 1 unspecified atom stereocenters. The average Bonchev–Trinajstić information content (AvgIpc) is 3.05. The fourth-order valence-corrected chi connectivity index (χ4v) is 4.07. The Hall–Kier alpha value is -1.99. The molecule has 1 aromatic carbocycles. The van der Waals surface area contributed by atoms with Crippen LogP contribution in [-0.4, -0.2) is 32.0 Å². The molecule has 0 saturated carbocycles. The lowest BCUT2D eigenvalue weighted by molar-refractivity contribution is -0.119. The van der Waals surface area contributed by atoms with Crippen LogP contribution in [-0.2, 0) is 19.6 Å². The molecule has 1 amide bonds. The molecule has 24 heavy (non-hydrogen) atoms. The van der Waals surface area contributed by atoms with Crippen molar-refractivity contribution in [1.29, 1.82) is 0 Å². The Morgan fingerprint density at radius 1 is 1.42 bits per heavy atom. The molecular weight excluding hydrogens is 328 g/mol. The lowest BCUT2D eigenvalue weighted by Crippen LogP contribution is -2.31. The van der Waals surface area contributed by atoms with Crippen LogP contribution < -0.4 is 4.72 Å². The lowest BCUT2D eigenvalue weighted by Gasteiger charge is -2.11. The molecular formula is C17H20N2O4S. The Bertz CT molecular complexity index is 858. The number of nitrogens with zero attached hydrogens (tertiary/aromatic N) is 1. The fraction of sp³-hybridized carbons (Fsp3) is 0.412. The van der Waals surface area contributed by atoms with E-state index in [0.29, 0.717) is 18.5 Å². The normalized spacial score (nSPS) is 18.0. The summed E-state index contributed by atoms with van der Waals surface area (Å²) < 4.78 is 32.7. The Kier molecular flexibility index (Phi) is 4.82. The zero-order valence-electron chi connectivity index (χ0n) is 13.5. The molecule has 1 atom stereocenters. The molecule has 1 aliphatic heterocycles. The Morgan fingerprint density at radius 2 is 2.25 bits per heavy atom. The van der Waals surface area contributed by atoms with E-state index in [9.17, 15) is 13.2 Å². The van der Waals surface area contributed by atoms with E-state index >= 15 is 0 Å². The Labute approximate surface area is 141 Å². The van der Waals surface area contributed by atoms with Gasteiger partial charge in [-0.3, -0.25) is 9.78 Å². The van der Waals surface area contributed by atoms with Crippen molar-refractivity contribution in [3.63, 3.8) is 0 Å². The number of aryl methyl sites for hydroxylation is 1. The van der Waals surface area contributed by atoms with Crippen LogP contribution in [0.25, 0.3) is 10.9 Å². The monoisotopic (exact) mass is 348 g/mol. The quantitative estimate of drug-likeness (QED) is 0.896. The highest BCUT2D eigenvalue weighted by molar-refractivity contribution is 7.90. The summed E-state index contributed by atoms with van der Waals surface area (Å²) in [6, 6.07) is 6.77. The number of aromatic nitrogens is 1. The number of carbonyl (C=O) groups excluding carboxylic acids is 1. The molecule has 1 N–H and O–H groups in total. The van der Waals surface area contributed by atoms with E-state index in [1.54, 1.807) is 18.3 Å². The third-order valence-electron chi connectivity index (χ3n) is 4.07. The van der Waals surface area contributed by atoms with E-state index in [1.807, 2.05) is 13.0 Å². The van der Waals surface area contributed by atoms with Crippen molar-refractivity contribution in [2.24, 2.45) is 0 Å². The molecule has 1 saturated heterocycles. The van der Waals surface area contributed by atoms with Crippen LogP contribution in [0.3, 0.4) is 0 Å². The van der Waals surface area contributed by atoms with E-state index in [0.717, 1.165) is 23.8 Å². The summed E-state index contributed by atoms with van der Waals surface area (Å²) in [5.41, 5.74) is 1.31. The van der Waals surface area contributed by atoms with Crippen LogP contribution in [0.2, 0.25) is 0 Å². The zero-order valence-corrected chi connectivity index (χ0v) is 14.3.